The standard InChI is InChI=1S/C27H50OSSi.C2H4O2/c1-19(2)15-30(16-20(3)4,17-21(5)6)18-29-25-14-22(26(7,8)9)24(28)13-23(25)27(10,11)12;1-2(3)4/h13-14,19-21,28H,15-18H2,1-12H3;1H3,(H,3,4). The lowest BCUT2D eigenvalue weighted by atomic mass is 9.81. The molecule has 0 amide bonds. The third kappa shape index (κ3) is 12.1. The van der Waals surface area contributed by atoms with E-state index in [1.165, 1.54) is 34.0 Å². The Balaban J connectivity index is 0.00000251. The molecular weight excluding hydrogens is 456 g/mol. The van der Waals surface area contributed by atoms with Gasteiger partial charge in [-0.25, -0.2) is 0 Å². The lowest BCUT2D eigenvalue weighted by Gasteiger charge is -2.37. The average Bonchev–Trinajstić information content (AvgIpc) is 2.56. The van der Waals surface area contributed by atoms with Gasteiger partial charge in [-0.2, -0.15) is 0 Å². The van der Waals surface area contributed by atoms with Gasteiger partial charge in [-0.1, -0.05) is 101 Å². The minimum Gasteiger partial charge on any atom is -0.508 e. The third-order valence-electron chi connectivity index (χ3n) is 5.77. The molecule has 0 aromatic heterocycles. The fourth-order valence-electron chi connectivity index (χ4n) is 5.13. The lowest BCUT2D eigenvalue weighted by molar-refractivity contribution is -0.134. The van der Waals surface area contributed by atoms with Gasteiger partial charge >= 0.3 is 0 Å². The van der Waals surface area contributed by atoms with E-state index in [-0.39, 0.29) is 10.8 Å². The number of carbonyl (C=O) groups is 1. The summed E-state index contributed by atoms with van der Waals surface area (Å²) in [5.74, 6) is 1.91. The van der Waals surface area contributed by atoms with E-state index >= 15 is 0 Å². The van der Waals surface area contributed by atoms with Gasteiger partial charge in [0.25, 0.3) is 5.97 Å². The first-order chi connectivity index (χ1) is 15.2. The summed E-state index contributed by atoms with van der Waals surface area (Å²) in [6.45, 7) is 28.9. The zero-order chi connectivity index (χ0) is 27.1. The van der Waals surface area contributed by atoms with Gasteiger partial charge in [0.05, 0.1) is 8.07 Å². The van der Waals surface area contributed by atoms with E-state index in [4.69, 9.17) is 9.90 Å². The number of phenolic OH excluding ortho intramolecular Hbond substituents is 1. The van der Waals surface area contributed by atoms with Crippen LogP contribution in [0.5, 0.6) is 5.75 Å². The highest BCUT2D eigenvalue weighted by Gasteiger charge is 2.36. The van der Waals surface area contributed by atoms with Crippen molar-refractivity contribution in [2.45, 2.75) is 124 Å². The summed E-state index contributed by atoms with van der Waals surface area (Å²) in [5, 5.41) is 19.5. The van der Waals surface area contributed by atoms with Crippen LogP contribution in [0, 0.1) is 17.8 Å². The first-order valence-electron chi connectivity index (χ1n) is 12.9. The van der Waals surface area contributed by atoms with Crippen LogP contribution in [0.25, 0.3) is 0 Å². The number of rotatable bonds is 9. The van der Waals surface area contributed by atoms with Crippen LogP contribution < -0.4 is 0 Å². The SMILES string of the molecule is CC(=O)O.CC(C)C[Si](CSc1cc(C(C)(C)C)c(O)cc1C(C)(C)C)(CC(C)C)CC(C)C. The molecule has 0 fully saturated rings. The van der Waals surface area contributed by atoms with E-state index in [1.54, 1.807) is 0 Å². The van der Waals surface area contributed by atoms with E-state index in [0.29, 0.717) is 5.75 Å². The second-order valence-corrected chi connectivity index (χ2v) is 19.6. The second-order valence-electron chi connectivity index (χ2n) is 13.5. The Morgan fingerprint density at radius 3 is 1.47 bits per heavy atom. The number of aromatic hydroxyl groups is 1. The van der Waals surface area contributed by atoms with Gasteiger partial charge in [-0.05, 0) is 51.7 Å². The van der Waals surface area contributed by atoms with Crippen molar-refractivity contribution in [1.29, 1.82) is 0 Å². The zero-order valence-electron chi connectivity index (χ0n) is 24.4. The van der Waals surface area contributed by atoms with Crippen molar-refractivity contribution in [3.63, 3.8) is 0 Å². The Hall–Kier alpha value is -0.943. The van der Waals surface area contributed by atoms with Crippen LogP contribution in [0.15, 0.2) is 17.0 Å². The van der Waals surface area contributed by atoms with E-state index in [1.807, 2.05) is 0 Å². The first-order valence-corrected chi connectivity index (χ1v) is 16.7. The molecular formula is C29H54O3SSi. The molecule has 0 saturated heterocycles. The molecule has 34 heavy (non-hydrogen) atoms. The summed E-state index contributed by atoms with van der Waals surface area (Å²) in [4.78, 5) is 10.4. The van der Waals surface area contributed by atoms with Crippen molar-refractivity contribution in [3.05, 3.63) is 23.3 Å². The minimum atomic E-state index is -1.43. The number of hydrogen-bond acceptors (Lipinski definition) is 3. The highest BCUT2D eigenvalue weighted by atomic mass is 32.2. The van der Waals surface area contributed by atoms with Crippen LogP contribution in [0.4, 0.5) is 0 Å². The van der Waals surface area contributed by atoms with Crippen LogP contribution in [-0.4, -0.2) is 29.6 Å². The van der Waals surface area contributed by atoms with E-state index < -0.39 is 14.0 Å². The molecule has 1 aromatic carbocycles. The fourth-order valence-corrected chi connectivity index (χ4v) is 14.8. The average molecular weight is 511 g/mol. The Bertz CT molecular complexity index is 740. The van der Waals surface area contributed by atoms with Crippen molar-refractivity contribution in [2.75, 3.05) is 5.38 Å². The molecule has 1 aromatic rings. The smallest absolute Gasteiger partial charge is 0.300 e. The van der Waals surface area contributed by atoms with Gasteiger partial charge in [0, 0.05) is 17.4 Å². The lowest BCUT2D eigenvalue weighted by Crippen LogP contribution is -2.42. The molecule has 5 heteroatoms. The number of carboxylic acids is 1. The number of benzene rings is 1. The molecule has 198 valence electrons. The third-order valence-corrected chi connectivity index (χ3v) is 14.5. The first kappa shape index (κ1) is 33.1. The van der Waals surface area contributed by atoms with Crippen molar-refractivity contribution < 1.29 is 15.0 Å². The topological polar surface area (TPSA) is 57.5 Å². The van der Waals surface area contributed by atoms with Crippen molar-refractivity contribution in [3.8, 4) is 5.75 Å². The highest BCUT2D eigenvalue weighted by Crippen LogP contribution is 2.43. The molecule has 0 bridgehead atoms. The molecule has 3 nitrogen and oxygen atoms in total. The molecule has 0 aliphatic heterocycles. The summed E-state index contributed by atoms with van der Waals surface area (Å²) in [7, 11) is -1.43. The maximum atomic E-state index is 10.8. The number of carboxylic acid groups (broad SMARTS) is 1. The molecule has 0 spiro atoms. The summed E-state index contributed by atoms with van der Waals surface area (Å²) in [5.41, 5.74) is 2.33. The number of hydrogen-bond donors (Lipinski definition) is 2. The molecule has 0 aliphatic carbocycles. The normalized spacial score (nSPS) is 12.8. The quantitative estimate of drug-likeness (QED) is 0.257. The summed E-state index contributed by atoms with van der Waals surface area (Å²) < 4.78 is 0. The largest absolute Gasteiger partial charge is 0.508 e. The fraction of sp³-hybridized carbons (Fsp3) is 0.759. The molecule has 0 atom stereocenters. The van der Waals surface area contributed by atoms with E-state index in [9.17, 15) is 5.11 Å². The second kappa shape index (κ2) is 13.4. The molecule has 1 rings (SSSR count). The van der Waals surface area contributed by atoms with Crippen LogP contribution in [-0.2, 0) is 15.6 Å². The maximum Gasteiger partial charge on any atom is 0.300 e. The molecule has 2 N–H and O–H groups in total. The maximum absolute atomic E-state index is 10.8. The van der Waals surface area contributed by atoms with Crippen LogP contribution in [0.2, 0.25) is 18.1 Å². The number of phenols is 1. The molecule has 0 saturated carbocycles. The number of thioether (sulfide) groups is 1. The Morgan fingerprint density at radius 1 is 0.824 bits per heavy atom. The highest BCUT2D eigenvalue weighted by molar-refractivity contribution is 8.01. The van der Waals surface area contributed by atoms with Gasteiger partial charge in [-0.3, -0.25) is 4.79 Å². The summed E-state index contributed by atoms with van der Waals surface area (Å²) >= 11 is 2.10. The molecule has 0 heterocycles. The Labute approximate surface area is 216 Å². The summed E-state index contributed by atoms with van der Waals surface area (Å²) in [6, 6.07) is 8.63. The van der Waals surface area contributed by atoms with Gasteiger partial charge < -0.3 is 10.2 Å². The van der Waals surface area contributed by atoms with Gasteiger partial charge in [0.2, 0.25) is 0 Å². The molecule has 0 aliphatic rings. The van der Waals surface area contributed by atoms with Crippen molar-refractivity contribution in [1.82, 2.24) is 0 Å². The predicted molar refractivity (Wildman–Crippen MR) is 154 cm³/mol. The Kier molecular flexibility index (Phi) is 13.0. The monoisotopic (exact) mass is 510 g/mol. The van der Waals surface area contributed by atoms with Gasteiger partial charge in [0.1, 0.15) is 5.75 Å². The molecule has 0 radical (unpaired) electrons. The van der Waals surface area contributed by atoms with E-state index in [2.05, 4.69) is 107 Å². The van der Waals surface area contributed by atoms with Crippen LogP contribution in [0.1, 0.15) is 101 Å². The predicted octanol–water partition coefficient (Wildman–Crippen LogP) is 9.13. The van der Waals surface area contributed by atoms with Crippen LogP contribution >= 0.6 is 11.8 Å². The zero-order valence-corrected chi connectivity index (χ0v) is 26.2. The van der Waals surface area contributed by atoms with Gasteiger partial charge in [0.15, 0.2) is 0 Å². The van der Waals surface area contributed by atoms with Crippen molar-refractivity contribution >= 4 is 25.8 Å². The summed E-state index contributed by atoms with van der Waals surface area (Å²) in [6.07, 6.45) is 0. The molecule has 0 unspecified atom stereocenters. The number of aliphatic carboxylic acids is 1. The van der Waals surface area contributed by atoms with Crippen LogP contribution in [0.3, 0.4) is 0 Å². The Morgan fingerprint density at radius 2 is 1.18 bits per heavy atom. The minimum absolute atomic E-state index is 0.0224. The van der Waals surface area contributed by atoms with E-state index in [0.717, 1.165) is 30.2 Å². The van der Waals surface area contributed by atoms with Gasteiger partial charge in [-0.15, -0.1) is 11.8 Å². The van der Waals surface area contributed by atoms with Crippen molar-refractivity contribution in [2.24, 2.45) is 17.8 Å².